The van der Waals surface area contributed by atoms with Crippen LogP contribution in [-0.2, 0) is 16.2 Å². The molecule has 0 atom stereocenters. The Balaban J connectivity index is 1.42. The first kappa shape index (κ1) is 22.3. The van der Waals surface area contributed by atoms with Crippen LogP contribution in [0.1, 0.15) is 11.4 Å². The molecule has 0 saturated heterocycles. The highest BCUT2D eigenvalue weighted by Gasteiger charge is 2.30. The number of nitrogens with one attached hydrogen (secondary N) is 1. The molecule has 0 spiro atoms. The lowest BCUT2D eigenvalue weighted by Crippen LogP contribution is -2.13. The van der Waals surface area contributed by atoms with E-state index in [4.69, 9.17) is 4.74 Å². The van der Waals surface area contributed by atoms with Gasteiger partial charge in [-0.3, -0.25) is 9.29 Å². The monoisotopic (exact) mass is 475 g/mol. The van der Waals surface area contributed by atoms with E-state index in [9.17, 15) is 21.6 Å². The summed E-state index contributed by atoms with van der Waals surface area (Å²) >= 11 is 0. The maximum absolute atomic E-state index is 12.7. The number of aromatic nitrogens is 4. The summed E-state index contributed by atoms with van der Waals surface area (Å²) in [5.74, 6) is 1.95. The molecule has 0 radical (unpaired) electrons. The van der Waals surface area contributed by atoms with Crippen molar-refractivity contribution in [1.82, 2.24) is 19.7 Å². The molecule has 0 aliphatic carbocycles. The van der Waals surface area contributed by atoms with Gasteiger partial charge in [-0.15, -0.1) is 10.2 Å². The van der Waals surface area contributed by atoms with E-state index in [2.05, 4.69) is 19.9 Å². The van der Waals surface area contributed by atoms with Crippen LogP contribution in [0.2, 0.25) is 0 Å². The van der Waals surface area contributed by atoms with Crippen molar-refractivity contribution in [1.29, 1.82) is 0 Å². The first-order valence-corrected chi connectivity index (χ1v) is 10.9. The highest BCUT2D eigenvalue weighted by atomic mass is 32.2. The van der Waals surface area contributed by atoms with Crippen LogP contribution in [0.25, 0.3) is 5.82 Å². The molecular formula is C21H16F3N5O3S. The molecule has 2 aromatic carbocycles. The van der Waals surface area contributed by atoms with E-state index in [1.165, 1.54) is 24.3 Å². The maximum atomic E-state index is 12.7. The molecule has 0 bridgehead atoms. The van der Waals surface area contributed by atoms with Crippen molar-refractivity contribution in [2.24, 2.45) is 0 Å². The SMILES string of the molecule is Cc1nccn1-c1ccc(Oc2ccc(NS(=O)(=O)c3ccc(C(F)(F)F)cc3)cc2)nn1. The molecule has 1 N–H and O–H groups in total. The number of hydrogen-bond acceptors (Lipinski definition) is 6. The number of sulfonamides is 1. The molecule has 2 aromatic heterocycles. The summed E-state index contributed by atoms with van der Waals surface area (Å²) in [7, 11) is -4.07. The molecule has 8 nitrogen and oxygen atoms in total. The van der Waals surface area contributed by atoms with E-state index >= 15 is 0 Å². The number of nitrogens with zero attached hydrogens (tertiary/aromatic N) is 4. The van der Waals surface area contributed by atoms with Crippen molar-refractivity contribution in [3.05, 3.63) is 84.4 Å². The topological polar surface area (TPSA) is 99.0 Å². The van der Waals surface area contributed by atoms with Gasteiger partial charge in [-0.25, -0.2) is 13.4 Å². The fourth-order valence-electron chi connectivity index (χ4n) is 2.86. The molecule has 0 saturated carbocycles. The summed E-state index contributed by atoms with van der Waals surface area (Å²) in [6, 6.07) is 12.5. The second-order valence-electron chi connectivity index (χ2n) is 6.83. The minimum Gasteiger partial charge on any atom is -0.438 e. The zero-order valence-corrected chi connectivity index (χ0v) is 17.8. The van der Waals surface area contributed by atoms with Gasteiger partial charge in [-0.2, -0.15) is 13.2 Å². The van der Waals surface area contributed by atoms with Crippen LogP contribution < -0.4 is 9.46 Å². The van der Waals surface area contributed by atoms with Crippen LogP contribution in [0, 0.1) is 6.92 Å². The minimum atomic E-state index is -4.55. The first-order valence-electron chi connectivity index (χ1n) is 9.44. The third-order valence-electron chi connectivity index (χ3n) is 4.52. The average Bonchev–Trinajstić information content (AvgIpc) is 3.21. The van der Waals surface area contributed by atoms with Crippen LogP contribution in [0.5, 0.6) is 11.6 Å². The fraction of sp³-hybridized carbons (Fsp3) is 0.0952. The van der Waals surface area contributed by atoms with Crippen LogP contribution >= 0.6 is 0 Å². The second-order valence-corrected chi connectivity index (χ2v) is 8.51. The Kier molecular flexibility index (Phi) is 5.77. The van der Waals surface area contributed by atoms with Crippen LogP contribution in [-0.4, -0.2) is 28.2 Å². The van der Waals surface area contributed by atoms with Crippen LogP contribution in [0.15, 0.2) is 78.0 Å². The summed E-state index contributed by atoms with van der Waals surface area (Å²) in [6.45, 7) is 1.83. The van der Waals surface area contributed by atoms with Crippen molar-refractivity contribution in [2.45, 2.75) is 18.0 Å². The smallest absolute Gasteiger partial charge is 0.416 e. The number of alkyl halides is 3. The lowest BCUT2D eigenvalue weighted by atomic mass is 10.2. The lowest BCUT2D eigenvalue weighted by molar-refractivity contribution is -0.137. The molecule has 0 aliphatic rings. The highest BCUT2D eigenvalue weighted by Crippen LogP contribution is 2.30. The third kappa shape index (κ3) is 5.12. The molecule has 2 heterocycles. The Hall–Kier alpha value is -3.93. The predicted octanol–water partition coefficient (Wildman–Crippen LogP) is 4.58. The van der Waals surface area contributed by atoms with Gasteiger partial charge in [0.25, 0.3) is 10.0 Å². The third-order valence-corrected chi connectivity index (χ3v) is 5.92. The number of halogens is 3. The van der Waals surface area contributed by atoms with Gasteiger partial charge in [-0.05, 0) is 61.5 Å². The zero-order chi connectivity index (χ0) is 23.6. The quantitative estimate of drug-likeness (QED) is 0.438. The van der Waals surface area contributed by atoms with Crippen LogP contribution in [0.4, 0.5) is 18.9 Å². The molecule has 0 amide bonds. The number of benzene rings is 2. The van der Waals surface area contributed by atoms with Gasteiger partial charge in [0.05, 0.1) is 10.5 Å². The van der Waals surface area contributed by atoms with Crippen molar-refractivity contribution in [3.8, 4) is 17.4 Å². The molecule has 0 fully saturated rings. The lowest BCUT2D eigenvalue weighted by Gasteiger charge is -2.11. The highest BCUT2D eigenvalue weighted by molar-refractivity contribution is 7.92. The second kappa shape index (κ2) is 8.54. The standard InChI is InChI=1S/C21H16F3N5O3S/c1-14-25-12-13-29(14)19-10-11-20(27-26-19)32-17-6-4-16(5-7-17)28-33(30,31)18-8-2-15(3-9-18)21(22,23)24/h2-13,28H,1H3. The molecule has 4 rings (SSSR count). The van der Waals surface area contributed by atoms with Gasteiger partial charge in [-0.1, -0.05) is 0 Å². The molecular weight excluding hydrogens is 459 g/mol. The van der Waals surface area contributed by atoms with Crippen molar-refractivity contribution in [2.75, 3.05) is 4.72 Å². The fourth-order valence-corrected chi connectivity index (χ4v) is 3.92. The van der Waals surface area contributed by atoms with E-state index < -0.39 is 21.8 Å². The largest absolute Gasteiger partial charge is 0.438 e. The number of ether oxygens (including phenoxy) is 1. The summed E-state index contributed by atoms with van der Waals surface area (Å²) in [5, 5.41) is 8.09. The summed E-state index contributed by atoms with van der Waals surface area (Å²) < 4.78 is 72.6. The average molecular weight is 475 g/mol. The van der Waals surface area contributed by atoms with E-state index in [1.807, 2.05) is 6.92 Å². The molecule has 170 valence electrons. The molecule has 0 unspecified atom stereocenters. The molecule has 12 heteroatoms. The van der Waals surface area contributed by atoms with E-state index in [0.29, 0.717) is 23.7 Å². The Morgan fingerprint density at radius 1 is 0.939 bits per heavy atom. The summed E-state index contributed by atoms with van der Waals surface area (Å²) in [6.07, 6.45) is -1.15. The number of anilines is 1. The van der Waals surface area contributed by atoms with E-state index in [1.54, 1.807) is 29.1 Å². The van der Waals surface area contributed by atoms with Gasteiger partial charge in [0.15, 0.2) is 5.82 Å². The van der Waals surface area contributed by atoms with Crippen LogP contribution in [0.3, 0.4) is 0 Å². The van der Waals surface area contributed by atoms with Gasteiger partial charge in [0.1, 0.15) is 11.6 Å². The Labute approximate surface area is 186 Å². The summed E-state index contributed by atoms with van der Waals surface area (Å²) in [5.41, 5.74) is -0.724. The Morgan fingerprint density at radius 2 is 1.64 bits per heavy atom. The Bertz CT molecular complexity index is 1350. The predicted molar refractivity (Wildman–Crippen MR) is 113 cm³/mol. The van der Waals surface area contributed by atoms with Gasteiger partial charge < -0.3 is 4.74 Å². The Morgan fingerprint density at radius 3 is 2.18 bits per heavy atom. The molecule has 0 aliphatic heterocycles. The molecule has 4 aromatic rings. The minimum absolute atomic E-state index is 0.208. The number of imidazole rings is 1. The van der Waals surface area contributed by atoms with Crippen molar-refractivity contribution in [3.63, 3.8) is 0 Å². The van der Waals surface area contributed by atoms with Crippen molar-refractivity contribution >= 4 is 15.7 Å². The number of aryl methyl sites for hydroxylation is 1. The van der Waals surface area contributed by atoms with E-state index in [-0.39, 0.29) is 16.5 Å². The maximum Gasteiger partial charge on any atom is 0.416 e. The number of rotatable bonds is 6. The van der Waals surface area contributed by atoms with Crippen molar-refractivity contribution < 1.29 is 26.3 Å². The van der Waals surface area contributed by atoms with E-state index in [0.717, 1.165) is 18.0 Å². The normalized spacial score (nSPS) is 11.9. The van der Waals surface area contributed by atoms with Gasteiger partial charge in [0.2, 0.25) is 5.88 Å². The van der Waals surface area contributed by atoms with Gasteiger partial charge in [0, 0.05) is 24.1 Å². The van der Waals surface area contributed by atoms with Gasteiger partial charge >= 0.3 is 6.18 Å². The first-order chi connectivity index (χ1) is 15.6. The summed E-state index contributed by atoms with van der Waals surface area (Å²) in [4.78, 5) is 3.83. The molecule has 33 heavy (non-hydrogen) atoms. The zero-order valence-electron chi connectivity index (χ0n) is 17.0. The number of hydrogen-bond donors (Lipinski definition) is 1.